The van der Waals surface area contributed by atoms with E-state index in [1.54, 1.807) is 6.92 Å². The average Bonchev–Trinajstić information content (AvgIpc) is 3.30. The van der Waals surface area contributed by atoms with Crippen molar-refractivity contribution in [2.45, 2.75) is 44.6 Å². The van der Waals surface area contributed by atoms with Crippen LogP contribution in [-0.2, 0) is 9.59 Å². The number of aryl methyl sites for hydroxylation is 1. The minimum absolute atomic E-state index is 0.0783. The van der Waals surface area contributed by atoms with Gasteiger partial charge in [0.1, 0.15) is 5.54 Å². The Morgan fingerprint density at radius 2 is 1.95 bits per heavy atom. The van der Waals surface area contributed by atoms with Gasteiger partial charge >= 0.3 is 5.97 Å². The van der Waals surface area contributed by atoms with Crippen LogP contribution in [0.4, 0.5) is 0 Å². The Balaban J connectivity index is 1.68. The number of carbonyl (C=O) groups excluding carboxylic acids is 1. The first-order valence-electron chi connectivity index (χ1n) is 7.54. The smallest absolute Gasteiger partial charge is 0.329 e. The monoisotopic (exact) mass is 287 g/mol. The number of carboxylic acids is 1. The Bertz CT molecular complexity index is 593. The van der Waals surface area contributed by atoms with Gasteiger partial charge in [0.15, 0.2) is 0 Å². The predicted molar refractivity (Wildman–Crippen MR) is 78.9 cm³/mol. The Hall–Kier alpha value is -1.84. The van der Waals surface area contributed by atoms with Gasteiger partial charge in [-0.05, 0) is 56.1 Å². The van der Waals surface area contributed by atoms with Gasteiger partial charge in [-0.25, -0.2) is 4.79 Å². The zero-order valence-corrected chi connectivity index (χ0v) is 12.4. The summed E-state index contributed by atoms with van der Waals surface area (Å²) in [6.45, 7) is 3.68. The summed E-state index contributed by atoms with van der Waals surface area (Å²) < 4.78 is 0. The molecule has 4 heteroatoms. The van der Waals surface area contributed by atoms with Gasteiger partial charge in [0.05, 0.1) is 0 Å². The van der Waals surface area contributed by atoms with Gasteiger partial charge < -0.3 is 10.4 Å². The van der Waals surface area contributed by atoms with Crippen LogP contribution in [0.15, 0.2) is 24.3 Å². The van der Waals surface area contributed by atoms with Crippen LogP contribution >= 0.6 is 0 Å². The van der Waals surface area contributed by atoms with Gasteiger partial charge in [0.2, 0.25) is 5.91 Å². The molecular formula is C17H21NO3. The SMILES string of the molecule is Cc1ccccc1C1CC1C(=O)NC(C)(C(=O)O)C1CC1. The summed E-state index contributed by atoms with van der Waals surface area (Å²) in [7, 11) is 0. The molecular weight excluding hydrogens is 266 g/mol. The molecule has 0 bridgehead atoms. The predicted octanol–water partition coefficient (Wildman–Crippen LogP) is 2.47. The third-order valence-electron chi connectivity index (χ3n) is 4.94. The molecule has 0 aliphatic heterocycles. The molecule has 1 amide bonds. The summed E-state index contributed by atoms with van der Waals surface area (Å²) in [5.74, 6) is -0.798. The first-order chi connectivity index (χ1) is 9.93. The highest BCUT2D eigenvalue weighted by Crippen LogP contribution is 2.49. The third kappa shape index (κ3) is 2.55. The van der Waals surface area contributed by atoms with Crippen LogP contribution in [0, 0.1) is 18.8 Å². The van der Waals surface area contributed by atoms with E-state index in [9.17, 15) is 14.7 Å². The van der Waals surface area contributed by atoms with Gasteiger partial charge in [-0.2, -0.15) is 0 Å². The molecule has 0 saturated heterocycles. The van der Waals surface area contributed by atoms with E-state index in [0.29, 0.717) is 0 Å². The number of amides is 1. The van der Waals surface area contributed by atoms with Crippen LogP contribution in [-0.4, -0.2) is 22.5 Å². The van der Waals surface area contributed by atoms with Crippen LogP contribution in [0.25, 0.3) is 0 Å². The van der Waals surface area contributed by atoms with Crippen LogP contribution in [0.3, 0.4) is 0 Å². The summed E-state index contributed by atoms with van der Waals surface area (Å²) in [5.41, 5.74) is 1.30. The number of hydrogen-bond donors (Lipinski definition) is 2. The van der Waals surface area contributed by atoms with E-state index in [1.807, 2.05) is 25.1 Å². The molecule has 2 saturated carbocycles. The summed E-state index contributed by atoms with van der Waals surface area (Å²) in [6.07, 6.45) is 2.58. The number of hydrogen-bond acceptors (Lipinski definition) is 2. The van der Waals surface area contributed by atoms with Crippen LogP contribution in [0.5, 0.6) is 0 Å². The summed E-state index contributed by atoms with van der Waals surface area (Å²) in [6, 6.07) is 8.09. The maximum atomic E-state index is 12.4. The molecule has 2 aliphatic carbocycles. The number of aliphatic carboxylic acids is 1. The second kappa shape index (κ2) is 4.86. The van der Waals surface area contributed by atoms with Gasteiger partial charge in [-0.3, -0.25) is 4.79 Å². The minimum atomic E-state index is -1.10. The van der Waals surface area contributed by atoms with Gasteiger partial charge in [-0.15, -0.1) is 0 Å². The van der Waals surface area contributed by atoms with E-state index in [-0.39, 0.29) is 23.7 Å². The van der Waals surface area contributed by atoms with Crippen molar-refractivity contribution in [1.82, 2.24) is 5.32 Å². The lowest BCUT2D eigenvalue weighted by Crippen LogP contribution is -2.54. The van der Waals surface area contributed by atoms with Crippen molar-refractivity contribution in [3.05, 3.63) is 35.4 Å². The highest BCUT2D eigenvalue weighted by Gasteiger charge is 2.52. The van der Waals surface area contributed by atoms with Crippen molar-refractivity contribution < 1.29 is 14.7 Å². The molecule has 0 spiro atoms. The van der Waals surface area contributed by atoms with Crippen LogP contribution < -0.4 is 5.32 Å². The van der Waals surface area contributed by atoms with Crippen molar-refractivity contribution in [3.63, 3.8) is 0 Å². The highest BCUT2D eigenvalue weighted by molar-refractivity contribution is 5.90. The molecule has 2 aliphatic rings. The molecule has 3 unspecified atom stereocenters. The molecule has 112 valence electrons. The fourth-order valence-corrected chi connectivity index (χ4v) is 3.17. The summed E-state index contributed by atoms with van der Waals surface area (Å²) in [5, 5.41) is 12.2. The maximum Gasteiger partial charge on any atom is 0.329 e. The molecule has 0 radical (unpaired) electrons. The molecule has 1 aromatic carbocycles. The third-order valence-corrected chi connectivity index (χ3v) is 4.94. The van der Waals surface area contributed by atoms with Crippen molar-refractivity contribution in [2.24, 2.45) is 11.8 Å². The second-order valence-corrected chi connectivity index (χ2v) is 6.58. The lowest BCUT2D eigenvalue weighted by atomic mass is 9.95. The Morgan fingerprint density at radius 3 is 2.52 bits per heavy atom. The lowest BCUT2D eigenvalue weighted by molar-refractivity contribution is -0.148. The van der Waals surface area contributed by atoms with E-state index < -0.39 is 11.5 Å². The molecule has 0 aromatic heterocycles. The summed E-state index contributed by atoms with van der Waals surface area (Å²) >= 11 is 0. The largest absolute Gasteiger partial charge is 0.480 e. The van der Waals surface area contributed by atoms with E-state index in [2.05, 4.69) is 11.4 Å². The zero-order chi connectivity index (χ0) is 15.2. The lowest BCUT2D eigenvalue weighted by Gasteiger charge is -2.26. The van der Waals surface area contributed by atoms with E-state index >= 15 is 0 Å². The fourth-order valence-electron chi connectivity index (χ4n) is 3.17. The van der Waals surface area contributed by atoms with Gasteiger partial charge in [0, 0.05) is 5.92 Å². The first-order valence-corrected chi connectivity index (χ1v) is 7.54. The minimum Gasteiger partial charge on any atom is -0.480 e. The van der Waals surface area contributed by atoms with Crippen molar-refractivity contribution in [3.8, 4) is 0 Å². The number of carbonyl (C=O) groups is 2. The average molecular weight is 287 g/mol. The van der Waals surface area contributed by atoms with Gasteiger partial charge in [-0.1, -0.05) is 24.3 Å². The molecule has 3 atom stereocenters. The quantitative estimate of drug-likeness (QED) is 0.874. The van der Waals surface area contributed by atoms with E-state index in [1.165, 1.54) is 11.1 Å². The molecule has 21 heavy (non-hydrogen) atoms. The van der Waals surface area contributed by atoms with Gasteiger partial charge in [0.25, 0.3) is 0 Å². The van der Waals surface area contributed by atoms with Crippen LogP contribution in [0.1, 0.15) is 43.2 Å². The van der Waals surface area contributed by atoms with Crippen molar-refractivity contribution >= 4 is 11.9 Å². The number of rotatable bonds is 5. The Labute approximate surface area is 124 Å². The Kier molecular flexibility index (Phi) is 3.27. The molecule has 2 fully saturated rings. The van der Waals surface area contributed by atoms with Crippen LogP contribution in [0.2, 0.25) is 0 Å². The van der Waals surface area contributed by atoms with Crippen molar-refractivity contribution in [2.75, 3.05) is 0 Å². The topological polar surface area (TPSA) is 66.4 Å². The van der Waals surface area contributed by atoms with E-state index in [0.717, 1.165) is 19.3 Å². The maximum absolute atomic E-state index is 12.4. The number of benzene rings is 1. The molecule has 0 heterocycles. The van der Waals surface area contributed by atoms with E-state index in [4.69, 9.17) is 0 Å². The molecule has 3 rings (SSSR count). The molecule has 2 N–H and O–H groups in total. The highest BCUT2D eigenvalue weighted by atomic mass is 16.4. The normalized spacial score (nSPS) is 26.8. The first kappa shape index (κ1) is 14.1. The second-order valence-electron chi connectivity index (χ2n) is 6.58. The Morgan fingerprint density at radius 1 is 1.29 bits per heavy atom. The fraction of sp³-hybridized carbons (Fsp3) is 0.529. The molecule has 1 aromatic rings. The number of carboxylic acid groups (broad SMARTS) is 1. The zero-order valence-electron chi connectivity index (χ0n) is 12.4. The summed E-state index contributed by atoms with van der Waals surface area (Å²) in [4.78, 5) is 23.9. The molecule has 4 nitrogen and oxygen atoms in total. The number of nitrogens with one attached hydrogen (secondary N) is 1. The standard InChI is InChI=1S/C17H21NO3/c1-10-5-3-4-6-12(10)13-9-14(13)15(19)18-17(2,16(20)21)11-7-8-11/h3-6,11,13-14H,7-9H2,1-2H3,(H,18,19)(H,20,21). The van der Waals surface area contributed by atoms with Crippen molar-refractivity contribution in [1.29, 1.82) is 0 Å².